The zero-order valence-corrected chi connectivity index (χ0v) is 16.1. The van der Waals surface area contributed by atoms with Crippen LogP contribution in [0.2, 0.25) is 0 Å². The molecule has 0 amide bonds. The zero-order chi connectivity index (χ0) is 19.1. The molecule has 0 spiro atoms. The molecule has 0 bridgehead atoms. The zero-order valence-electron chi connectivity index (χ0n) is 16.1. The van der Waals surface area contributed by atoms with Gasteiger partial charge in [-0.3, -0.25) is 4.79 Å². The van der Waals surface area contributed by atoms with Crippen LogP contribution in [0.4, 0.5) is 5.69 Å². The van der Waals surface area contributed by atoms with Crippen molar-refractivity contribution in [3.05, 3.63) is 46.6 Å². The first-order chi connectivity index (χ1) is 13.7. The van der Waals surface area contributed by atoms with Crippen molar-refractivity contribution in [2.24, 2.45) is 0 Å². The largest absolute Gasteiger partial charge is 0.495 e. The standard InChI is InChI=1S/C21H25N5O2/c1-28-18-10-6-5-9-17(18)25-12-14(13-25)19-23-20-16(21(27)24-19)11-22-26(20)15-7-3-2-4-8-15/h5-6,9-11,14-15H,2-4,7-8,12-13H2,1H3,(H,23,24,27). The van der Waals surface area contributed by atoms with Gasteiger partial charge < -0.3 is 14.6 Å². The molecule has 1 aliphatic carbocycles. The van der Waals surface area contributed by atoms with Gasteiger partial charge in [0, 0.05) is 13.1 Å². The summed E-state index contributed by atoms with van der Waals surface area (Å²) in [5.41, 5.74) is 1.73. The normalized spacial score (nSPS) is 18.4. The molecule has 2 fully saturated rings. The van der Waals surface area contributed by atoms with E-state index in [-0.39, 0.29) is 11.5 Å². The highest BCUT2D eigenvalue weighted by Crippen LogP contribution is 2.36. The van der Waals surface area contributed by atoms with Gasteiger partial charge in [0.2, 0.25) is 0 Å². The van der Waals surface area contributed by atoms with Crippen molar-refractivity contribution in [3.8, 4) is 5.75 Å². The Bertz CT molecular complexity index is 1040. The van der Waals surface area contributed by atoms with E-state index in [0.29, 0.717) is 11.4 Å². The minimum Gasteiger partial charge on any atom is -0.495 e. The van der Waals surface area contributed by atoms with Crippen molar-refractivity contribution < 1.29 is 4.74 Å². The lowest BCUT2D eigenvalue weighted by Crippen LogP contribution is -2.46. The van der Waals surface area contributed by atoms with E-state index in [0.717, 1.165) is 48.8 Å². The van der Waals surface area contributed by atoms with Crippen LogP contribution in [0.1, 0.15) is 49.9 Å². The van der Waals surface area contributed by atoms with Crippen LogP contribution >= 0.6 is 0 Å². The molecule has 0 radical (unpaired) electrons. The lowest BCUT2D eigenvalue weighted by molar-refractivity contribution is 0.335. The third-order valence-corrected chi connectivity index (χ3v) is 6.10. The van der Waals surface area contributed by atoms with Gasteiger partial charge in [0.25, 0.3) is 5.56 Å². The molecule has 2 aromatic heterocycles. The summed E-state index contributed by atoms with van der Waals surface area (Å²) in [6.07, 6.45) is 7.63. The molecule has 0 unspecified atom stereocenters. The predicted octanol–water partition coefficient (Wildman–Crippen LogP) is 3.24. The van der Waals surface area contributed by atoms with Crippen LogP contribution in [0.3, 0.4) is 0 Å². The summed E-state index contributed by atoms with van der Waals surface area (Å²) in [6.45, 7) is 1.62. The Morgan fingerprint density at radius 3 is 2.71 bits per heavy atom. The Morgan fingerprint density at radius 1 is 1.14 bits per heavy atom. The maximum Gasteiger partial charge on any atom is 0.262 e. The van der Waals surface area contributed by atoms with E-state index in [1.807, 2.05) is 22.9 Å². The number of anilines is 1. The van der Waals surface area contributed by atoms with Gasteiger partial charge in [-0.2, -0.15) is 5.10 Å². The molecule has 1 aliphatic heterocycles. The average Bonchev–Trinajstić information content (AvgIpc) is 3.12. The van der Waals surface area contributed by atoms with E-state index in [1.54, 1.807) is 13.3 Å². The van der Waals surface area contributed by atoms with Crippen molar-refractivity contribution in [3.63, 3.8) is 0 Å². The second-order valence-corrected chi connectivity index (χ2v) is 7.84. The molecule has 5 rings (SSSR count). The number of hydrogen-bond acceptors (Lipinski definition) is 5. The number of H-pyrrole nitrogens is 1. The fourth-order valence-corrected chi connectivity index (χ4v) is 4.48. The molecule has 1 aromatic carbocycles. The number of aromatic amines is 1. The van der Waals surface area contributed by atoms with Gasteiger partial charge in [-0.05, 0) is 25.0 Å². The average molecular weight is 379 g/mol. The first-order valence-corrected chi connectivity index (χ1v) is 10.1. The Balaban J connectivity index is 1.42. The summed E-state index contributed by atoms with van der Waals surface area (Å²) in [7, 11) is 1.69. The minimum absolute atomic E-state index is 0.0854. The van der Waals surface area contributed by atoms with Crippen LogP contribution in [0.5, 0.6) is 5.75 Å². The van der Waals surface area contributed by atoms with Crippen molar-refractivity contribution in [1.82, 2.24) is 19.7 Å². The van der Waals surface area contributed by atoms with E-state index >= 15 is 0 Å². The fourth-order valence-electron chi connectivity index (χ4n) is 4.48. The third kappa shape index (κ3) is 2.85. The van der Waals surface area contributed by atoms with Crippen LogP contribution in [0.15, 0.2) is 35.3 Å². The number of ether oxygens (including phenoxy) is 1. The number of aromatic nitrogens is 4. The van der Waals surface area contributed by atoms with Gasteiger partial charge in [0.15, 0.2) is 5.65 Å². The van der Waals surface area contributed by atoms with E-state index in [9.17, 15) is 4.79 Å². The summed E-state index contributed by atoms with van der Waals surface area (Å²) in [5.74, 6) is 1.84. The van der Waals surface area contributed by atoms with Gasteiger partial charge in [-0.15, -0.1) is 0 Å². The number of hydrogen-bond donors (Lipinski definition) is 1. The second kappa shape index (κ2) is 6.96. The lowest BCUT2D eigenvalue weighted by atomic mass is 9.95. The van der Waals surface area contributed by atoms with Gasteiger partial charge in [0.05, 0.1) is 31.0 Å². The van der Waals surface area contributed by atoms with Gasteiger partial charge in [0.1, 0.15) is 17.0 Å². The highest BCUT2D eigenvalue weighted by Gasteiger charge is 2.32. The van der Waals surface area contributed by atoms with Crippen LogP contribution < -0.4 is 15.2 Å². The maximum atomic E-state index is 12.6. The van der Waals surface area contributed by atoms with Crippen molar-refractivity contribution in [2.75, 3.05) is 25.1 Å². The molecule has 2 aliphatic rings. The quantitative estimate of drug-likeness (QED) is 0.753. The third-order valence-electron chi connectivity index (χ3n) is 6.10. The molecular formula is C21H25N5O2. The summed E-state index contributed by atoms with van der Waals surface area (Å²) < 4.78 is 7.46. The summed E-state index contributed by atoms with van der Waals surface area (Å²) in [4.78, 5) is 22.7. The molecular weight excluding hydrogens is 354 g/mol. The predicted molar refractivity (Wildman–Crippen MR) is 108 cm³/mol. The molecule has 1 saturated carbocycles. The molecule has 3 aromatic rings. The van der Waals surface area contributed by atoms with E-state index < -0.39 is 0 Å². The summed E-state index contributed by atoms with van der Waals surface area (Å²) in [5, 5.41) is 5.11. The molecule has 7 nitrogen and oxygen atoms in total. The maximum absolute atomic E-state index is 12.6. The van der Waals surface area contributed by atoms with Crippen LogP contribution in [0.25, 0.3) is 11.0 Å². The monoisotopic (exact) mass is 379 g/mol. The molecule has 7 heteroatoms. The molecule has 1 saturated heterocycles. The van der Waals surface area contributed by atoms with Crippen molar-refractivity contribution in [1.29, 1.82) is 0 Å². The van der Waals surface area contributed by atoms with Crippen LogP contribution in [-0.2, 0) is 0 Å². The Hall–Kier alpha value is -2.83. The van der Waals surface area contributed by atoms with Crippen LogP contribution in [-0.4, -0.2) is 39.9 Å². The molecule has 28 heavy (non-hydrogen) atoms. The Kier molecular flexibility index (Phi) is 4.30. The van der Waals surface area contributed by atoms with Gasteiger partial charge >= 0.3 is 0 Å². The van der Waals surface area contributed by atoms with Crippen LogP contribution in [0, 0.1) is 0 Å². The van der Waals surface area contributed by atoms with E-state index in [2.05, 4.69) is 21.0 Å². The fraction of sp³-hybridized carbons (Fsp3) is 0.476. The molecule has 0 atom stereocenters. The molecule has 1 N–H and O–H groups in total. The first kappa shape index (κ1) is 17.3. The van der Waals surface area contributed by atoms with E-state index in [1.165, 1.54) is 19.3 Å². The van der Waals surface area contributed by atoms with Gasteiger partial charge in [-0.25, -0.2) is 9.67 Å². The number of para-hydroxylation sites is 2. The topological polar surface area (TPSA) is 76.0 Å². The minimum atomic E-state index is -0.0854. The first-order valence-electron chi connectivity index (χ1n) is 10.1. The highest BCUT2D eigenvalue weighted by molar-refractivity contribution is 5.73. The number of nitrogens with zero attached hydrogens (tertiary/aromatic N) is 4. The number of methoxy groups -OCH3 is 1. The summed E-state index contributed by atoms with van der Waals surface area (Å²) in [6, 6.07) is 8.38. The highest BCUT2D eigenvalue weighted by atomic mass is 16.5. The number of rotatable bonds is 4. The van der Waals surface area contributed by atoms with Gasteiger partial charge in [-0.1, -0.05) is 31.4 Å². The lowest BCUT2D eigenvalue weighted by Gasteiger charge is -2.40. The smallest absolute Gasteiger partial charge is 0.262 e. The Labute approximate surface area is 163 Å². The SMILES string of the molecule is COc1ccccc1N1CC(c2nc3c(cnn3C3CCCCC3)c(=O)[nH]2)C1. The van der Waals surface area contributed by atoms with Crippen molar-refractivity contribution in [2.45, 2.75) is 44.1 Å². The molecule has 146 valence electrons. The number of benzene rings is 1. The second-order valence-electron chi connectivity index (χ2n) is 7.84. The summed E-state index contributed by atoms with van der Waals surface area (Å²) >= 11 is 0. The number of fused-ring (bicyclic) bond motifs is 1. The van der Waals surface area contributed by atoms with E-state index in [4.69, 9.17) is 9.72 Å². The molecule has 3 heterocycles. The number of nitrogens with one attached hydrogen (secondary N) is 1. The van der Waals surface area contributed by atoms with Crippen molar-refractivity contribution >= 4 is 16.7 Å². The Morgan fingerprint density at radius 2 is 1.93 bits per heavy atom.